The predicted octanol–water partition coefficient (Wildman–Crippen LogP) is 1.89. The van der Waals surface area contributed by atoms with Crippen molar-refractivity contribution < 1.29 is 19.0 Å². The topological polar surface area (TPSA) is 68.5 Å². The molecule has 0 fully saturated rings. The van der Waals surface area contributed by atoms with E-state index in [0.29, 0.717) is 15.8 Å². The van der Waals surface area contributed by atoms with Crippen LogP contribution in [0.3, 0.4) is 0 Å². The molecular formula is C12H12BrNO4. The van der Waals surface area contributed by atoms with Crippen LogP contribution in [0.2, 0.25) is 0 Å². The van der Waals surface area contributed by atoms with Crippen molar-refractivity contribution in [3.05, 3.63) is 28.2 Å². The van der Waals surface area contributed by atoms with Gasteiger partial charge in [0, 0.05) is 7.11 Å². The van der Waals surface area contributed by atoms with E-state index < -0.39 is 12.1 Å². The maximum atomic E-state index is 11.5. The highest BCUT2D eigenvalue weighted by Crippen LogP contribution is 2.27. The fourth-order valence-corrected chi connectivity index (χ4v) is 1.59. The van der Waals surface area contributed by atoms with Crippen molar-refractivity contribution in [2.24, 2.45) is 0 Å². The Bertz CT molecular complexity index is 470. The molecule has 0 aliphatic rings. The van der Waals surface area contributed by atoms with Gasteiger partial charge in [-0.1, -0.05) is 0 Å². The van der Waals surface area contributed by atoms with Crippen LogP contribution in [0.5, 0.6) is 5.75 Å². The summed E-state index contributed by atoms with van der Waals surface area (Å²) in [4.78, 5) is 11.5. The number of carbonyl (C=O) groups excluding carboxylic acids is 1. The molecule has 0 heterocycles. The van der Waals surface area contributed by atoms with Crippen LogP contribution >= 0.6 is 15.9 Å². The van der Waals surface area contributed by atoms with Crippen LogP contribution in [0.15, 0.2) is 22.7 Å². The highest BCUT2D eigenvalue weighted by atomic mass is 79.9. The fourth-order valence-electron chi connectivity index (χ4n) is 1.25. The zero-order valence-electron chi connectivity index (χ0n) is 9.97. The molecule has 96 valence electrons. The van der Waals surface area contributed by atoms with E-state index in [0.717, 1.165) is 0 Å². The van der Waals surface area contributed by atoms with Crippen LogP contribution in [-0.2, 0) is 14.3 Å². The summed E-state index contributed by atoms with van der Waals surface area (Å²) >= 11 is 3.28. The Balaban J connectivity index is 2.93. The molecule has 1 aromatic carbocycles. The monoisotopic (exact) mass is 313 g/mol. The number of hydrogen-bond acceptors (Lipinski definition) is 5. The fraction of sp³-hybridized carbons (Fsp3) is 0.333. The summed E-state index contributed by atoms with van der Waals surface area (Å²) in [5.41, 5.74) is 0.439. The smallest absolute Gasteiger partial charge is 0.349 e. The van der Waals surface area contributed by atoms with Gasteiger partial charge in [0.2, 0.25) is 6.10 Å². The van der Waals surface area contributed by atoms with Gasteiger partial charge in [-0.25, -0.2) is 4.79 Å². The average Bonchev–Trinajstić information content (AvgIpc) is 2.39. The number of halogens is 1. The molecule has 0 aliphatic heterocycles. The maximum Gasteiger partial charge on any atom is 0.349 e. The summed E-state index contributed by atoms with van der Waals surface area (Å²) in [6, 6.07) is 6.85. The first-order chi connectivity index (χ1) is 8.62. The number of nitrogens with zero attached hydrogens (tertiary/aromatic N) is 1. The molecule has 0 aliphatic carbocycles. The lowest BCUT2D eigenvalue weighted by Crippen LogP contribution is -2.33. The van der Waals surface area contributed by atoms with Crippen molar-refractivity contribution >= 4 is 21.9 Å². The van der Waals surface area contributed by atoms with Crippen molar-refractivity contribution in [2.45, 2.75) is 6.10 Å². The molecule has 0 spiro atoms. The Morgan fingerprint density at radius 3 is 2.78 bits per heavy atom. The third-order valence-corrected chi connectivity index (χ3v) is 2.77. The number of esters is 1. The molecule has 0 bridgehead atoms. The molecule has 0 saturated carbocycles. The number of carbonyl (C=O) groups is 1. The molecule has 18 heavy (non-hydrogen) atoms. The standard InChI is InChI=1S/C12H12BrNO4/c1-16-7-11(12(15)17-2)18-10-5-8(6-14)3-4-9(10)13/h3-5,11H,7H2,1-2H3. The van der Waals surface area contributed by atoms with Gasteiger partial charge in [-0.2, -0.15) is 5.26 Å². The first-order valence-electron chi connectivity index (χ1n) is 5.05. The van der Waals surface area contributed by atoms with Gasteiger partial charge < -0.3 is 14.2 Å². The Morgan fingerprint density at radius 1 is 1.50 bits per heavy atom. The molecular weight excluding hydrogens is 302 g/mol. The van der Waals surface area contributed by atoms with Gasteiger partial charge in [-0.05, 0) is 34.1 Å². The first kappa shape index (κ1) is 14.5. The normalized spacial score (nSPS) is 11.4. The summed E-state index contributed by atoms with van der Waals surface area (Å²) in [5.74, 6) is -0.146. The van der Waals surface area contributed by atoms with E-state index in [9.17, 15) is 4.79 Å². The molecule has 0 N–H and O–H groups in total. The SMILES string of the molecule is COCC(Oc1cc(C#N)ccc1Br)C(=O)OC. The maximum absolute atomic E-state index is 11.5. The van der Waals surface area contributed by atoms with Crippen LogP contribution in [0, 0.1) is 11.3 Å². The second kappa shape index (κ2) is 6.99. The van der Waals surface area contributed by atoms with Crippen LogP contribution < -0.4 is 4.74 Å². The van der Waals surface area contributed by atoms with E-state index in [1.165, 1.54) is 20.3 Å². The van der Waals surface area contributed by atoms with Crippen LogP contribution in [0.1, 0.15) is 5.56 Å². The lowest BCUT2D eigenvalue weighted by molar-refractivity contribution is -0.151. The van der Waals surface area contributed by atoms with E-state index in [-0.39, 0.29) is 6.61 Å². The van der Waals surface area contributed by atoms with E-state index >= 15 is 0 Å². The Hall–Kier alpha value is -1.58. The number of benzene rings is 1. The molecule has 1 atom stereocenters. The zero-order chi connectivity index (χ0) is 13.5. The van der Waals surface area contributed by atoms with E-state index in [4.69, 9.17) is 14.7 Å². The number of nitriles is 1. The Morgan fingerprint density at radius 2 is 2.22 bits per heavy atom. The highest BCUT2D eigenvalue weighted by molar-refractivity contribution is 9.10. The molecule has 1 aromatic rings. The van der Waals surface area contributed by atoms with Gasteiger partial charge in [-0.3, -0.25) is 0 Å². The average molecular weight is 314 g/mol. The minimum Gasteiger partial charge on any atom is -0.475 e. The predicted molar refractivity (Wildman–Crippen MR) is 67.2 cm³/mol. The van der Waals surface area contributed by atoms with Crippen LogP contribution in [0.25, 0.3) is 0 Å². The highest BCUT2D eigenvalue weighted by Gasteiger charge is 2.22. The number of ether oxygens (including phenoxy) is 3. The summed E-state index contributed by atoms with van der Waals surface area (Å²) in [6.07, 6.45) is -0.870. The number of methoxy groups -OCH3 is 2. The minimum atomic E-state index is -0.870. The Kier molecular flexibility index (Phi) is 5.62. The molecule has 1 rings (SSSR count). The lowest BCUT2D eigenvalue weighted by atomic mass is 10.2. The molecule has 6 heteroatoms. The van der Waals surface area contributed by atoms with E-state index in [1.54, 1.807) is 12.1 Å². The summed E-state index contributed by atoms with van der Waals surface area (Å²) in [6.45, 7) is 0.0654. The molecule has 1 unspecified atom stereocenters. The molecule has 0 aromatic heterocycles. The van der Waals surface area contributed by atoms with E-state index in [2.05, 4.69) is 20.7 Å². The van der Waals surface area contributed by atoms with Crippen molar-refractivity contribution in [1.29, 1.82) is 5.26 Å². The molecule has 5 nitrogen and oxygen atoms in total. The quantitative estimate of drug-likeness (QED) is 0.776. The first-order valence-corrected chi connectivity index (χ1v) is 5.84. The van der Waals surface area contributed by atoms with Gasteiger partial charge in [0.15, 0.2) is 0 Å². The molecule has 0 amide bonds. The summed E-state index contributed by atoms with van der Waals surface area (Å²) in [5, 5.41) is 8.81. The van der Waals surface area contributed by atoms with Crippen molar-refractivity contribution in [3.8, 4) is 11.8 Å². The zero-order valence-corrected chi connectivity index (χ0v) is 11.6. The van der Waals surface area contributed by atoms with Crippen LogP contribution in [-0.4, -0.2) is 32.9 Å². The molecule has 0 saturated heterocycles. The van der Waals surface area contributed by atoms with Gasteiger partial charge >= 0.3 is 5.97 Å². The summed E-state index contributed by atoms with van der Waals surface area (Å²) in [7, 11) is 2.73. The minimum absolute atomic E-state index is 0.0654. The lowest BCUT2D eigenvalue weighted by Gasteiger charge is -2.17. The van der Waals surface area contributed by atoms with Gasteiger partial charge in [-0.15, -0.1) is 0 Å². The largest absolute Gasteiger partial charge is 0.475 e. The van der Waals surface area contributed by atoms with Crippen LogP contribution in [0.4, 0.5) is 0 Å². The third kappa shape index (κ3) is 3.72. The second-order valence-corrected chi connectivity index (χ2v) is 4.20. The van der Waals surface area contributed by atoms with Gasteiger partial charge in [0.25, 0.3) is 0 Å². The summed E-state index contributed by atoms with van der Waals surface area (Å²) < 4.78 is 15.6. The molecule has 0 radical (unpaired) electrons. The van der Waals surface area contributed by atoms with Gasteiger partial charge in [0.1, 0.15) is 5.75 Å². The number of hydrogen-bond donors (Lipinski definition) is 0. The van der Waals surface area contributed by atoms with E-state index in [1.807, 2.05) is 6.07 Å². The third-order valence-electron chi connectivity index (χ3n) is 2.11. The Labute approximate surface area is 113 Å². The number of rotatable bonds is 5. The van der Waals surface area contributed by atoms with Crippen molar-refractivity contribution in [3.63, 3.8) is 0 Å². The van der Waals surface area contributed by atoms with Crippen molar-refractivity contribution in [2.75, 3.05) is 20.8 Å². The van der Waals surface area contributed by atoms with Gasteiger partial charge in [0.05, 0.1) is 29.8 Å². The second-order valence-electron chi connectivity index (χ2n) is 3.34. The van der Waals surface area contributed by atoms with Crippen molar-refractivity contribution in [1.82, 2.24) is 0 Å².